The lowest BCUT2D eigenvalue weighted by atomic mass is 10.2. The molecule has 0 saturated heterocycles. The standard InChI is InChI=1S/C19H20ClNO5S/c1-24-14-5-8-16(17(11-14)25-2)21-18(22)12-26-19(23)9-10-27-15-6-3-13(20)4-7-15/h3-8,11H,9-10,12H2,1-2H3,(H,21,22). The van der Waals surface area contributed by atoms with Crippen LogP contribution in [0.15, 0.2) is 47.4 Å². The Morgan fingerprint density at radius 2 is 1.81 bits per heavy atom. The summed E-state index contributed by atoms with van der Waals surface area (Å²) in [4.78, 5) is 24.8. The maximum atomic E-state index is 12.0. The zero-order valence-corrected chi connectivity index (χ0v) is 16.6. The molecule has 1 N–H and O–H groups in total. The van der Waals surface area contributed by atoms with E-state index in [0.717, 1.165) is 4.90 Å². The monoisotopic (exact) mass is 409 g/mol. The summed E-state index contributed by atoms with van der Waals surface area (Å²) in [7, 11) is 3.03. The summed E-state index contributed by atoms with van der Waals surface area (Å²) in [5, 5.41) is 3.31. The Balaban J connectivity index is 1.73. The zero-order chi connectivity index (χ0) is 19.6. The average molecular weight is 410 g/mol. The number of nitrogens with one attached hydrogen (secondary N) is 1. The van der Waals surface area contributed by atoms with Gasteiger partial charge in [0.2, 0.25) is 0 Å². The van der Waals surface area contributed by atoms with Crippen molar-refractivity contribution in [2.45, 2.75) is 11.3 Å². The minimum atomic E-state index is -0.447. The molecular weight excluding hydrogens is 390 g/mol. The van der Waals surface area contributed by atoms with Crippen LogP contribution >= 0.6 is 23.4 Å². The van der Waals surface area contributed by atoms with E-state index in [1.165, 1.54) is 26.0 Å². The molecule has 2 rings (SSSR count). The Labute approximate surface area is 167 Å². The summed E-state index contributed by atoms with van der Waals surface area (Å²) in [6.45, 7) is -0.361. The number of methoxy groups -OCH3 is 2. The molecule has 27 heavy (non-hydrogen) atoms. The van der Waals surface area contributed by atoms with Gasteiger partial charge in [-0.1, -0.05) is 11.6 Å². The van der Waals surface area contributed by atoms with E-state index in [1.54, 1.807) is 30.3 Å². The molecule has 0 aromatic heterocycles. The quantitative estimate of drug-likeness (QED) is 0.498. The molecule has 0 fully saturated rings. The number of carbonyl (C=O) groups excluding carboxylic acids is 2. The highest BCUT2D eigenvalue weighted by Gasteiger charge is 2.11. The number of rotatable bonds is 9. The first kappa shape index (κ1) is 20.9. The third kappa shape index (κ3) is 7.03. The van der Waals surface area contributed by atoms with Crippen molar-refractivity contribution in [3.8, 4) is 11.5 Å². The van der Waals surface area contributed by atoms with Gasteiger partial charge in [0, 0.05) is 21.7 Å². The summed E-state index contributed by atoms with van der Waals surface area (Å²) in [6, 6.07) is 12.3. The lowest BCUT2D eigenvalue weighted by Gasteiger charge is -2.11. The molecule has 1 amide bonds. The van der Waals surface area contributed by atoms with Crippen LogP contribution in [-0.4, -0.2) is 38.5 Å². The van der Waals surface area contributed by atoms with Crippen LogP contribution < -0.4 is 14.8 Å². The Kier molecular flexibility index (Phi) is 8.29. The summed E-state index contributed by atoms with van der Waals surface area (Å²) in [6.07, 6.45) is 0.201. The van der Waals surface area contributed by atoms with Crippen LogP contribution in [0, 0.1) is 0 Å². The van der Waals surface area contributed by atoms with Gasteiger partial charge >= 0.3 is 5.97 Å². The van der Waals surface area contributed by atoms with E-state index in [9.17, 15) is 9.59 Å². The molecule has 8 heteroatoms. The SMILES string of the molecule is COc1ccc(NC(=O)COC(=O)CCSc2ccc(Cl)cc2)c(OC)c1. The van der Waals surface area contributed by atoms with Gasteiger partial charge in [0.05, 0.1) is 26.3 Å². The predicted octanol–water partition coefficient (Wildman–Crippen LogP) is 4.02. The van der Waals surface area contributed by atoms with Crippen molar-refractivity contribution in [1.29, 1.82) is 0 Å². The third-order valence-electron chi connectivity index (χ3n) is 3.44. The van der Waals surface area contributed by atoms with Gasteiger partial charge in [-0.15, -0.1) is 11.8 Å². The molecule has 2 aromatic rings. The number of ether oxygens (including phenoxy) is 3. The molecule has 0 aliphatic carbocycles. The molecule has 0 radical (unpaired) electrons. The topological polar surface area (TPSA) is 73.9 Å². The fourth-order valence-corrected chi connectivity index (χ4v) is 3.05. The molecule has 0 spiro atoms. The fraction of sp³-hybridized carbons (Fsp3) is 0.263. The van der Waals surface area contributed by atoms with Gasteiger partial charge in [-0.05, 0) is 36.4 Å². The average Bonchev–Trinajstić information content (AvgIpc) is 2.68. The van der Waals surface area contributed by atoms with Crippen molar-refractivity contribution in [3.05, 3.63) is 47.5 Å². The first-order valence-corrected chi connectivity index (χ1v) is 9.44. The first-order valence-electron chi connectivity index (χ1n) is 8.07. The molecule has 0 aliphatic heterocycles. The van der Waals surface area contributed by atoms with Gasteiger partial charge in [0.25, 0.3) is 5.91 Å². The van der Waals surface area contributed by atoms with E-state index < -0.39 is 11.9 Å². The molecule has 0 atom stereocenters. The highest BCUT2D eigenvalue weighted by atomic mass is 35.5. The normalized spacial score (nSPS) is 10.2. The van der Waals surface area contributed by atoms with Crippen LogP contribution in [0.2, 0.25) is 5.02 Å². The number of halogens is 1. The summed E-state index contributed by atoms with van der Waals surface area (Å²) < 4.78 is 15.3. The van der Waals surface area contributed by atoms with Crippen LogP contribution in [0.1, 0.15) is 6.42 Å². The Morgan fingerprint density at radius 1 is 1.07 bits per heavy atom. The molecule has 2 aromatic carbocycles. The first-order chi connectivity index (χ1) is 13.0. The zero-order valence-electron chi connectivity index (χ0n) is 15.0. The lowest BCUT2D eigenvalue weighted by molar-refractivity contribution is -0.146. The number of benzene rings is 2. The minimum absolute atomic E-state index is 0.201. The Bertz CT molecular complexity index is 782. The molecule has 0 saturated carbocycles. The molecule has 0 unspecified atom stereocenters. The second-order valence-corrected chi connectivity index (χ2v) is 6.93. The maximum absolute atomic E-state index is 12.0. The van der Waals surface area contributed by atoms with Crippen LogP contribution in [-0.2, 0) is 14.3 Å². The molecule has 0 bridgehead atoms. The van der Waals surface area contributed by atoms with E-state index in [0.29, 0.717) is 28.0 Å². The van der Waals surface area contributed by atoms with Gasteiger partial charge in [-0.2, -0.15) is 0 Å². The van der Waals surface area contributed by atoms with Crippen LogP contribution in [0.3, 0.4) is 0 Å². The highest BCUT2D eigenvalue weighted by molar-refractivity contribution is 7.99. The number of carbonyl (C=O) groups is 2. The molecule has 144 valence electrons. The van der Waals surface area contributed by atoms with Gasteiger partial charge in [-0.25, -0.2) is 0 Å². The summed E-state index contributed by atoms with van der Waals surface area (Å²) in [5.41, 5.74) is 0.470. The van der Waals surface area contributed by atoms with Crippen molar-refractivity contribution in [1.82, 2.24) is 0 Å². The van der Waals surface area contributed by atoms with Crippen LogP contribution in [0.5, 0.6) is 11.5 Å². The number of thioether (sulfide) groups is 1. The minimum Gasteiger partial charge on any atom is -0.497 e. The van der Waals surface area contributed by atoms with Crippen molar-refractivity contribution in [3.63, 3.8) is 0 Å². The van der Waals surface area contributed by atoms with E-state index in [-0.39, 0.29) is 13.0 Å². The van der Waals surface area contributed by atoms with Gasteiger partial charge < -0.3 is 19.5 Å². The van der Waals surface area contributed by atoms with Crippen molar-refractivity contribution in [2.24, 2.45) is 0 Å². The number of hydrogen-bond donors (Lipinski definition) is 1. The van der Waals surface area contributed by atoms with Crippen molar-refractivity contribution < 1.29 is 23.8 Å². The molecule has 0 heterocycles. The van der Waals surface area contributed by atoms with Gasteiger partial charge in [0.15, 0.2) is 6.61 Å². The van der Waals surface area contributed by atoms with E-state index >= 15 is 0 Å². The number of anilines is 1. The molecule has 0 aliphatic rings. The van der Waals surface area contributed by atoms with Crippen molar-refractivity contribution in [2.75, 3.05) is 31.9 Å². The van der Waals surface area contributed by atoms with E-state index in [4.69, 9.17) is 25.8 Å². The third-order valence-corrected chi connectivity index (χ3v) is 4.70. The predicted molar refractivity (Wildman–Crippen MR) is 106 cm³/mol. The molecular formula is C19H20ClNO5S. The Hall–Kier alpha value is -2.38. The van der Waals surface area contributed by atoms with E-state index in [1.807, 2.05) is 12.1 Å². The highest BCUT2D eigenvalue weighted by Crippen LogP contribution is 2.29. The van der Waals surface area contributed by atoms with Crippen molar-refractivity contribution >= 4 is 40.9 Å². The number of esters is 1. The second kappa shape index (κ2) is 10.7. The smallest absolute Gasteiger partial charge is 0.307 e. The number of amides is 1. The Morgan fingerprint density at radius 3 is 2.48 bits per heavy atom. The van der Waals surface area contributed by atoms with Crippen LogP contribution in [0.4, 0.5) is 5.69 Å². The number of hydrogen-bond acceptors (Lipinski definition) is 6. The fourth-order valence-electron chi connectivity index (χ4n) is 2.09. The largest absolute Gasteiger partial charge is 0.497 e. The second-order valence-electron chi connectivity index (χ2n) is 5.33. The lowest BCUT2D eigenvalue weighted by Crippen LogP contribution is -2.21. The van der Waals surface area contributed by atoms with E-state index in [2.05, 4.69) is 5.32 Å². The molecule has 6 nitrogen and oxygen atoms in total. The van der Waals surface area contributed by atoms with Gasteiger partial charge in [-0.3, -0.25) is 9.59 Å². The summed E-state index contributed by atoms with van der Waals surface area (Å²) >= 11 is 7.34. The van der Waals surface area contributed by atoms with Gasteiger partial charge in [0.1, 0.15) is 11.5 Å². The summed E-state index contributed by atoms with van der Waals surface area (Å²) in [5.74, 6) is 0.724. The maximum Gasteiger partial charge on any atom is 0.307 e. The van der Waals surface area contributed by atoms with Crippen LogP contribution in [0.25, 0.3) is 0 Å².